The molecule has 2 aromatic carbocycles. The molecule has 1 aromatic heterocycles. The van der Waals surface area contributed by atoms with Gasteiger partial charge in [-0.05, 0) is 36.4 Å². The molecule has 1 aliphatic heterocycles. The van der Waals surface area contributed by atoms with Gasteiger partial charge in [-0.3, -0.25) is 9.59 Å². The molecule has 0 unspecified atom stereocenters. The van der Waals surface area contributed by atoms with Crippen molar-refractivity contribution in [3.63, 3.8) is 0 Å². The Morgan fingerprint density at radius 2 is 1.96 bits per heavy atom. The van der Waals surface area contributed by atoms with Gasteiger partial charge in [0.1, 0.15) is 0 Å². The van der Waals surface area contributed by atoms with Gasteiger partial charge in [0.2, 0.25) is 5.91 Å². The minimum absolute atomic E-state index is 0.0272. The van der Waals surface area contributed by atoms with Gasteiger partial charge in [-0.15, -0.1) is 11.3 Å². The van der Waals surface area contributed by atoms with Gasteiger partial charge in [0.05, 0.1) is 27.0 Å². The third kappa shape index (κ3) is 2.93. The number of hydrogen-bond donors (Lipinski definition) is 3. The molecule has 2 amide bonds. The maximum Gasteiger partial charge on any atom is 0.257 e. The Balaban J connectivity index is 1.59. The van der Waals surface area contributed by atoms with Gasteiger partial charge in [-0.25, -0.2) is 4.98 Å². The zero-order chi connectivity index (χ0) is 18.1. The Hall–Kier alpha value is -3.19. The molecule has 3 aromatic rings. The summed E-state index contributed by atoms with van der Waals surface area (Å²) >= 11 is 1.52. The van der Waals surface area contributed by atoms with E-state index in [0.29, 0.717) is 12.0 Å². The summed E-state index contributed by atoms with van der Waals surface area (Å²) in [6.45, 7) is 1.81. The van der Waals surface area contributed by atoms with Crippen molar-refractivity contribution >= 4 is 56.0 Å². The number of anilines is 3. The van der Waals surface area contributed by atoms with Crippen LogP contribution in [0.4, 0.5) is 17.1 Å². The first-order chi connectivity index (χ1) is 12.7. The third-order valence-corrected chi connectivity index (χ3v) is 4.99. The number of thiazole rings is 1. The molecule has 2 heterocycles. The molecule has 4 rings (SSSR count). The second-order valence-corrected chi connectivity index (χ2v) is 6.68. The molecule has 1 aliphatic rings. The van der Waals surface area contributed by atoms with Gasteiger partial charge in [-0.1, -0.05) is 6.92 Å². The average molecular weight is 364 g/mol. The number of amides is 2. The highest BCUT2D eigenvalue weighted by atomic mass is 32.1. The van der Waals surface area contributed by atoms with Crippen LogP contribution in [0.1, 0.15) is 18.9 Å². The summed E-state index contributed by atoms with van der Waals surface area (Å²) < 4.78 is 0.992. The van der Waals surface area contributed by atoms with Crippen molar-refractivity contribution in [1.29, 1.82) is 0 Å². The number of hydrogen-bond acceptors (Lipinski definition) is 5. The van der Waals surface area contributed by atoms with Gasteiger partial charge < -0.3 is 16.0 Å². The second kappa shape index (κ2) is 6.61. The minimum atomic E-state index is -0.139. The molecule has 26 heavy (non-hydrogen) atoms. The normalized spacial score (nSPS) is 14.3. The van der Waals surface area contributed by atoms with Gasteiger partial charge in [0.15, 0.2) is 0 Å². The van der Waals surface area contributed by atoms with Crippen LogP contribution in [-0.2, 0) is 9.59 Å². The average Bonchev–Trinajstić information content (AvgIpc) is 3.24. The number of nitrogens with one attached hydrogen (secondary N) is 3. The van der Waals surface area contributed by atoms with E-state index < -0.39 is 0 Å². The Morgan fingerprint density at radius 1 is 1.19 bits per heavy atom. The van der Waals surface area contributed by atoms with Crippen LogP contribution < -0.4 is 16.0 Å². The molecule has 3 N–H and O–H groups in total. The number of aromatic nitrogens is 1. The van der Waals surface area contributed by atoms with Gasteiger partial charge in [0, 0.05) is 29.6 Å². The molecule has 130 valence electrons. The van der Waals surface area contributed by atoms with E-state index >= 15 is 0 Å². The van der Waals surface area contributed by atoms with Crippen LogP contribution >= 0.6 is 11.3 Å². The van der Waals surface area contributed by atoms with E-state index in [1.54, 1.807) is 11.7 Å². The van der Waals surface area contributed by atoms with Crippen molar-refractivity contribution < 1.29 is 9.59 Å². The fourth-order valence-electron chi connectivity index (χ4n) is 2.80. The van der Waals surface area contributed by atoms with Crippen molar-refractivity contribution in [1.82, 2.24) is 4.98 Å². The topological polar surface area (TPSA) is 83.1 Å². The largest absolute Gasteiger partial charge is 0.361 e. The zero-order valence-electron chi connectivity index (χ0n) is 14.0. The predicted molar refractivity (Wildman–Crippen MR) is 105 cm³/mol. The van der Waals surface area contributed by atoms with E-state index in [0.717, 1.165) is 32.8 Å². The monoisotopic (exact) mass is 364 g/mol. The lowest BCUT2D eigenvalue weighted by Gasteiger charge is -2.06. The van der Waals surface area contributed by atoms with Crippen LogP contribution in [0.2, 0.25) is 0 Å². The van der Waals surface area contributed by atoms with E-state index in [2.05, 4.69) is 20.9 Å². The molecular weight excluding hydrogens is 348 g/mol. The molecule has 0 saturated carbocycles. The smallest absolute Gasteiger partial charge is 0.257 e. The molecule has 0 spiro atoms. The third-order valence-electron chi connectivity index (χ3n) is 4.13. The van der Waals surface area contributed by atoms with Crippen LogP contribution in [0.5, 0.6) is 0 Å². The van der Waals surface area contributed by atoms with Crippen LogP contribution in [0, 0.1) is 0 Å². The first-order valence-electron chi connectivity index (χ1n) is 8.20. The highest BCUT2D eigenvalue weighted by Gasteiger charge is 2.27. The summed E-state index contributed by atoms with van der Waals surface area (Å²) in [5.74, 6) is -0.166. The molecule has 7 heteroatoms. The second-order valence-electron chi connectivity index (χ2n) is 5.82. The first-order valence-corrected chi connectivity index (χ1v) is 9.08. The lowest BCUT2D eigenvalue weighted by Crippen LogP contribution is -2.09. The highest BCUT2D eigenvalue weighted by Crippen LogP contribution is 2.39. The molecule has 0 fully saturated rings. The van der Waals surface area contributed by atoms with Crippen molar-refractivity contribution in [3.8, 4) is 0 Å². The predicted octanol–water partition coefficient (Wildman–Crippen LogP) is 4.05. The summed E-state index contributed by atoms with van der Waals surface area (Å²) in [6, 6.07) is 11.1. The van der Waals surface area contributed by atoms with Gasteiger partial charge in [0.25, 0.3) is 5.91 Å². The fraction of sp³-hybridized carbons (Fsp3) is 0.105. The number of fused-ring (bicyclic) bond motifs is 3. The zero-order valence-corrected chi connectivity index (χ0v) is 14.8. The van der Waals surface area contributed by atoms with Crippen LogP contribution in [0.25, 0.3) is 15.8 Å². The first kappa shape index (κ1) is 16.3. The summed E-state index contributed by atoms with van der Waals surface area (Å²) in [7, 11) is 0. The Kier molecular flexibility index (Phi) is 4.14. The summed E-state index contributed by atoms with van der Waals surface area (Å²) in [6.07, 6.45) is 2.15. The van der Waals surface area contributed by atoms with E-state index in [1.807, 2.05) is 43.3 Å². The maximum absolute atomic E-state index is 12.3. The number of carbonyl (C=O) groups excluding carboxylic acids is 2. The molecule has 0 radical (unpaired) electrons. The van der Waals surface area contributed by atoms with E-state index in [9.17, 15) is 9.59 Å². The summed E-state index contributed by atoms with van der Waals surface area (Å²) in [5.41, 5.74) is 6.49. The Bertz CT molecular complexity index is 1040. The Morgan fingerprint density at radius 3 is 2.73 bits per heavy atom. The lowest BCUT2D eigenvalue weighted by molar-refractivity contribution is -0.116. The van der Waals surface area contributed by atoms with Crippen LogP contribution in [0.15, 0.2) is 48.1 Å². The quantitative estimate of drug-likeness (QED) is 0.610. The van der Waals surface area contributed by atoms with Crippen molar-refractivity contribution in [2.45, 2.75) is 13.3 Å². The van der Waals surface area contributed by atoms with E-state index in [4.69, 9.17) is 0 Å². The Labute approximate surface area is 153 Å². The van der Waals surface area contributed by atoms with E-state index in [1.165, 1.54) is 11.3 Å². The van der Waals surface area contributed by atoms with Crippen molar-refractivity contribution in [2.75, 3.05) is 16.0 Å². The molecule has 0 bridgehead atoms. The summed E-state index contributed by atoms with van der Waals surface area (Å²) in [4.78, 5) is 28.1. The van der Waals surface area contributed by atoms with E-state index in [-0.39, 0.29) is 11.8 Å². The maximum atomic E-state index is 12.3. The molecule has 0 aliphatic carbocycles. The molecule has 6 nitrogen and oxygen atoms in total. The molecular formula is C19H16N4O2S. The minimum Gasteiger partial charge on any atom is -0.361 e. The summed E-state index contributed by atoms with van der Waals surface area (Å²) in [5, 5.41) is 8.85. The molecule has 0 saturated heterocycles. The number of nitrogens with zero attached hydrogens (tertiary/aromatic N) is 1. The van der Waals surface area contributed by atoms with Crippen LogP contribution in [0.3, 0.4) is 0 Å². The number of carbonyl (C=O) groups is 2. The van der Waals surface area contributed by atoms with Crippen molar-refractivity contribution in [3.05, 3.63) is 53.7 Å². The number of rotatable bonds is 4. The van der Waals surface area contributed by atoms with Gasteiger partial charge >= 0.3 is 0 Å². The standard InChI is InChI=1S/C19H16N4O2S/c1-2-16(24)22-12-5-3-11(4-6-12)20-9-13-17-14(23-19(13)25)7-8-15-18(17)26-10-21-15/h3-10,20H,2H2,1H3,(H,22,24)(H,23,25)/b13-9-. The lowest BCUT2D eigenvalue weighted by atomic mass is 10.1. The highest BCUT2D eigenvalue weighted by molar-refractivity contribution is 7.17. The van der Waals surface area contributed by atoms with Gasteiger partial charge in [-0.2, -0.15) is 0 Å². The SMILES string of the molecule is CCC(=O)Nc1ccc(N/C=C2\C(=O)Nc3ccc4ncsc4c32)cc1. The number of benzene rings is 2. The molecule has 0 atom stereocenters. The van der Waals surface area contributed by atoms with Crippen LogP contribution in [-0.4, -0.2) is 16.8 Å². The van der Waals surface area contributed by atoms with Crippen molar-refractivity contribution in [2.24, 2.45) is 0 Å². The fourth-order valence-corrected chi connectivity index (χ4v) is 3.65.